The van der Waals surface area contributed by atoms with Crippen LogP contribution in [-0.4, -0.2) is 23.3 Å². The largest absolute Gasteiger partial charge is 0.497 e. The zero-order valence-corrected chi connectivity index (χ0v) is 14.5. The van der Waals surface area contributed by atoms with Crippen molar-refractivity contribution in [2.24, 2.45) is 0 Å². The van der Waals surface area contributed by atoms with Crippen molar-refractivity contribution in [2.45, 2.75) is 6.92 Å². The maximum atomic E-state index is 12.1. The van der Waals surface area contributed by atoms with Gasteiger partial charge in [0.2, 0.25) is 0 Å². The zero-order chi connectivity index (χ0) is 18.4. The summed E-state index contributed by atoms with van der Waals surface area (Å²) in [5.41, 5.74) is 3.03. The van der Waals surface area contributed by atoms with Gasteiger partial charge in [-0.1, -0.05) is 6.07 Å². The molecule has 3 rings (SSSR count). The van der Waals surface area contributed by atoms with Gasteiger partial charge in [-0.15, -0.1) is 5.10 Å². The van der Waals surface area contributed by atoms with Crippen LogP contribution in [0, 0.1) is 6.92 Å². The minimum Gasteiger partial charge on any atom is -0.497 e. The number of amides is 2. The van der Waals surface area contributed by atoms with Crippen LogP contribution in [0.5, 0.6) is 5.75 Å². The molecule has 0 unspecified atom stereocenters. The third-order valence-corrected chi connectivity index (χ3v) is 3.54. The Hall–Kier alpha value is -3.61. The van der Waals surface area contributed by atoms with Crippen molar-refractivity contribution in [2.75, 3.05) is 23.1 Å². The Balaban J connectivity index is 1.58. The van der Waals surface area contributed by atoms with Crippen molar-refractivity contribution in [3.63, 3.8) is 0 Å². The van der Waals surface area contributed by atoms with Crippen LogP contribution >= 0.6 is 0 Å². The highest BCUT2D eigenvalue weighted by atomic mass is 16.5. The fourth-order valence-corrected chi connectivity index (χ4v) is 2.24. The molecule has 0 fully saturated rings. The van der Waals surface area contributed by atoms with Crippen molar-refractivity contribution >= 4 is 28.9 Å². The van der Waals surface area contributed by atoms with Gasteiger partial charge in [0, 0.05) is 23.1 Å². The van der Waals surface area contributed by atoms with E-state index < -0.39 is 0 Å². The average Bonchev–Trinajstić information content (AvgIpc) is 2.65. The van der Waals surface area contributed by atoms with Crippen molar-refractivity contribution in [3.8, 4) is 5.75 Å². The van der Waals surface area contributed by atoms with Crippen LogP contribution in [-0.2, 0) is 0 Å². The number of rotatable bonds is 5. The first-order valence-electron chi connectivity index (χ1n) is 8.02. The second-order valence-corrected chi connectivity index (χ2v) is 5.57. The van der Waals surface area contributed by atoms with Crippen LogP contribution in [0.1, 0.15) is 5.69 Å². The van der Waals surface area contributed by atoms with E-state index in [2.05, 4.69) is 26.1 Å². The molecule has 132 valence electrons. The number of nitrogens with one attached hydrogen (secondary N) is 3. The van der Waals surface area contributed by atoms with E-state index in [0.717, 1.165) is 11.4 Å². The molecule has 0 spiro atoms. The van der Waals surface area contributed by atoms with Gasteiger partial charge < -0.3 is 20.7 Å². The number of carbonyl (C=O) groups is 1. The Labute approximate surface area is 151 Å². The van der Waals surface area contributed by atoms with Gasteiger partial charge in [0.05, 0.1) is 12.8 Å². The lowest BCUT2D eigenvalue weighted by atomic mass is 10.2. The summed E-state index contributed by atoms with van der Waals surface area (Å²) in [7, 11) is 1.58. The maximum absolute atomic E-state index is 12.1. The fraction of sp³-hybridized carbons (Fsp3) is 0.105. The van der Waals surface area contributed by atoms with Crippen LogP contribution in [0.25, 0.3) is 0 Å². The Morgan fingerprint density at radius 3 is 2.31 bits per heavy atom. The topological polar surface area (TPSA) is 88.2 Å². The Morgan fingerprint density at radius 2 is 1.62 bits per heavy atom. The summed E-state index contributed by atoms with van der Waals surface area (Å²) in [6.07, 6.45) is 0. The number of hydrogen-bond donors (Lipinski definition) is 3. The Kier molecular flexibility index (Phi) is 5.28. The first-order valence-corrected chi connectivity index (χ1v) is 8.02. The summed E-state index contributed by atoms with van der Waals surface area (Å²) in [6, 6.07) is 17.9. The highest BCUT2D eigenvalue weighted by Gasteiger charge is 2.04. The van der Waals surface area contributed by atoms with E-state index in [1.807, 2.05) is 43.3 Å². The molecule has 2 aromatic carbocycles. The monoisotopic (exact) mass is 349 g/mol. The van der Waals surface area contributed by atoms with Crippen LogP contribution < -0.4 is 20.7 Å². The molecular formula is C19H19N5O2. The predicted octanol–water partition coefficient (Wildman–Crippen LogP) is 4.18. The minimum absolute atomic E-state index is 0.330. The molecule has 0 aliphatic heterocycles. The molecular weight excluding hydrogens is 330 g/mol. The van der Waals surface area contributed by atoms with Gasteiger partial charge in [-0.3, -0.25) is 0 Å². The summed E-state index contributed by atoms with van der Waals surface area (Å²) >= 11 is 0. The smallest absolute Gasteiger partial charge is 0.323 e. The van der Waals surface area contributed by atoms with Crippen LogP contribution in [0.2, 0.25) is 0 Å². The highest BCUT2D eigenvalue weighted by Crippen LogP contribution is 2.19. The van der Waals surface area contributed by atoms with Gasteiger partial charge in [0.25, 0.3) is 0 Å². The molecule has 0 atom stereocenters. The van der Waals surface area contributed by atoms with Crippen molar-refractivity contribution in [1.29, 1.82) is 0 Å². The standard InChI is InChI=1S/C19H19N5O2/c1-13-6-11-18(24-23-13)20-14-7-9-15(10-8-14)21-19(25)22-16-4-3-5-17(12-16)26-2/h3-12H,1-2H3,(H,20,24)(H2,21,22,25). The summed E-state index contributed by atoms with van der Waals surface area (Å²) in [5.74, 6) is 1.34. The minimum atomic E-state index is -0.330. The molecule has 1 aromatic heterocycles. The van der Waals surface area contributed by atoms with E-state index in [1.54, 1.807) is 31.4 Å². The normalized spacial score (nSPS) is 10.1. The number of aryl methyl sites for hydroxylation is 1. The molecule has 1 heterocycles. The molecule has 7 heteroatoms. The van der Waals surface area contributed by atoms with Gasteiger partial charge in [0.15, 0.2) is 5.82 Å². The van der Waals surface area contributed by atoms with Crippen molar-refractivity contribution < 1.29 is 9.53 Å². The van der Waals surface area contributed by atoms with E-state index in [-0.39, 0.29) is 6.03 Å². The zero-order valence-electron chi connectivity index (χ0n) is 14.5. The number of aromatic nitrogens is 2. The van der Waals surface area contributed by atoms with Crippen LogP contribution in [0.3, 0.4) is 0 Å². The summed E-state index contributed by atoms with van der Waals surface area (Å²) < 4.78 is 5.13. The number of urea groups is 1. The molecule has 0 bridgehead atoms. The van der Waals surface area contributed by atoms with Gasteiger partial charge in [-0.25, -0.2) is 4.79 Å². The van der Waals surface area contributed by atoms with Crippen LogP contribution in [0.15, 0.2) is 60.7 Å². The number of benzene rings is 2. The van der Waals surface area contributed by atoms with E-state index >= 15 is 0 Å². The molecule has 0 saturated heterocycles. The number of carbonyl (C=O) groups excluding carboxylic acids is 1. The maximum Gasteiger partial charge on any atom is 0.323 e. The second kappa shape index (κ2) is 7.98. The van der Waals surface area contributed by atoms with E-state index in [0.29, 0.717) is 22.9 Å². The molecule has 0 aliphatic carbocycles. The number of methoxy groups -OCH3 is 1. The Bertz CT molecular complexity index is 879. The molecule has 0 radical (unpaired) electrons. The number of anilines is 4. The molecule has 3 aromatic rings. The number of ether oxygens (including phenoxy) is 1. The third kappa shape index (κ3) is 4.70. The third-order valence-electron chi connectivity index (χ3n) is 3.54. The van der Waals surface area contributed by atoms with Gasteiger partial charge >= 0.3 is 6.03 Å². The lowest BCUT2D eigenvalue weighted by Gasteiger charge is -2.10. The first kappa shape index (κ1) is 17.2. The molecule has 0 saturated carbocycles. The Morgan fingerprint density at radius 1 is 0.885 bits per heavy atom. The SMILES string of the molecule is COc1cccc(NC(=O)Nc2ccc(Nc3ccc(C)nn3)cc2)c1. The van der Waals surface area contributed by atoms with E-state index in [4.69, 9.17) is 4.74 Å². The molecule has 0 aliphatic rings. The van der Waals surface area contributed by atoms with Crippen LogP contribution in [0.4, 0.5) is 27.7 Å². The summed E-state index contributed by atoms with van der Waals surface area (Å²) in [6.45, 7) is 1.88. The molecule has 2 amide bonds. The van der Waals surface area contributed by atoms with E-state index in [1.165, 1.54) is 0 Å². The molecule has 3 N–H and O–H groups in total. The number of hydrogen-bond acceptors (Lipinski definition) is 5. The molecule has 7 nitrogen and oxygen atoms in total. The summed E-state index contributed by atoms with van der Waals surface area (Å²) in [4.78, 5) is 12.1. The van der Waals surface area contributed by atoms with Crippen molar-refractivity contribution in [1.82, 2.24) is 10.2 Å². The van der Waals surface area contributed by atoms with Gasteiger partial charge in [-0.05, 0) is 55.5 Å². The number of nitrogens with zero attached hydrogens (tertiary/aromatic N) is 2. The van der Waals surface area contributed by atoms with Gasteiger partial charge in [-0.2, -0.15) is 5.10 Å². The highest BCUT2D eigenvalue weighted by molar-refractivity contribution is 5.99. The van der Waals surface area contributed by atoms with Crippen molar-refractivity contribution in [3.05, 3.63) is 66.4 Å². The van der Waals surface area contributed by atoms with E-state index in [9.17, 15) is 4.79 Å². The fourth-order valence-electron chi connectivity index (χ4n) is 2.24. The first-order chi connectivity index (χ1) is 12.6. The lowest BCUT2D eigenvalue weighted by molar-refractivity contribution is 0.262. The lowest BCUT2D eigenvalue weighted by Crippen LogP contribution is -2.19. The second-order valence-electron chi connectivity index (χ2n) is 5.57. The molecule has 26 heavy (non-hydrogen) atoms. The predicted molar refractivity (Wildman–Crippen MR) is 102 cm³/mol. The van der Waals surface area contributed by atoms with Gasteiger partial charge in [0.1, 0.15) is 5.75 Å². The average molecular weight is 349 g/mol. The quantitative estimate of drug-likeness (QED) is 0.643. The summed E-state index contributed by atoms with van der Waals surface area (Å²) in [5, 5.41) is 16.7.